The summed E-state index contributed by atoms with van der Waals surface area (Å²) in [5, 5.41) is 5.85. The maximum Gasteiger partial charge on any atom is 0.259 e. The lowest BCUT2D eigenvalue weighted by molar-refractivity contribution is 0.102. The molecule has 3 aromatic rings. The monoisotopic (exact) mass is 406 g/mol. The van der Waals surface area contributed by atoms with Gasteiger partial charge in [-0.25, -0.2) is 4.98 Å². The van der Waals surface area contributed by atoms with Crippen molar-refractivity contribution >= 4 is 45.6 Å². The maximum absolute atomic E-state index is 12.4. The highest BCUT2D eigenvalue weighted by molar-refractivity contribution is 7.14. The second-order valence-corrected chi connectivity index (χ2v) is 7.18. The topological polar surface area (TPSA) is 60.5 Å². The Labute approximate surface area is 163 Å². The minimum atomic E-state index is -0.361. The number of thiazole rings is 1. The van der Waals surface area contributed by atoms with E-state index in [-0.39, 0.29) is 5.91 Å². The molecule has 26 heavy (non-hydrogen) atoms. The highest BCUT2D eigenvalue weighted by Gasteiger charge is 2.16. The summed E-state index contributed by atoms with van der Waals surface area (Å²) in [6.07, 6.45) is 0. The zero-order valence-corrected chi connectivity index (χ0v) is 15.6. The van der Waals surface area contributed by atoms with Gasteiger partial charge in [-0.2, -0.15) is 0 Å². The van der Waals surface area contributed by atoms with E-state index in [0.29, 0.717) is 39.7 Å². The number of hydrogen-bond donors (Lipinski definition) is 1. The number of aromatic nitrogens is 1. The molecule has 0 saturated carbocycles. The standard InChI is InChI=1S/C18H12Cl2N2O3S/c19-11-2-3-13(20)12(8-11)17(23)22-18-21-14(9-26-18)10-1-4-15-16(7-10)25-6-5-24-15/h1-4,7-9H,5-6H2,(H,21,22,23). The molecule has 2 aromatic carbocycles. The lowest BCUT2D eigenvalue weighted by Crippen LogP contribution is -2.15. The number of anilines is 1. The zero-order chi connectivity index (χ0) is 18.1. The summed E-state index contributed by atoms with van der Waals surface area (Å²) >= 11 is 13.3. The van der Waals surface area contributed by atoms with Crippen molar-refractivity contribution in [1.82, 2.24) is 4.98 Å². The van der Waals surface area contributed by atoms with E-state index >= 15 is 0 Å². The fourth-order valence-corrected chi connectivity index (χ4v) is 3.59. The number of benzene rings is 2. The van der Waals surface area contributed by atoms with Gasteiger partial charge >= 0.3 is 0 Å². The first-order valence-electron chi connectivity index (χ1n) is 7.72. The van der Waals surface area contributed by atoms with Crippen LogP contribution < -0.4 is 14.8 Å². The summed E-state index contributed by atoms with van der Waals surface area (Å²) in [6.45, 7) is 1.07. The smallest absolute Gasteiger partial charge is 0.259 e. The third-order valence-corrected chi connectivity index (χ3v) is 5.06. The number of carbonyl (C=O) groups excluding carboxylic acids is 1. The second kappa shape index (κ2) is 7.15. The average Bonchev–Trinajstić information content (AvgIpc) is 3.11. The van der Waals surface area contributed by atoms with Crippen LogP contribution >= 0.6 is 34.5 Å². The van der Waals surface area contributed by atoms with Crippen LogP contribution in [0, 0.1) is 0 Å². The minimum absolute atomic E-state index is 0.301. The van der Waals surface area contributed by atoms with Gasteiger partial charge in [0.2, 0.25) is 0 Å². The van der Waals surface area contributed by atoms with Gasteiger partial charge < -0.3 is 9.47 Å². The first-order chi connectivity index (χ1) is 12.6. The zero-order valence-electron chi connectivity index (χ0n) is 13.3. The molecule has 0 saturated heterocycles. The van der Waals surface area contributed by atoms with Crippen LogP contribution in [0.4, 0.5) is 5.13 Å². The SMILES string of the molecule is O=C(Nc1nc(-c2ccc3c(c2)OCCO3)cs1)c1cc(Cl)ccc1Cl. The van der Waals surface area contributed by atoms with Crippen molar-refractivity contribution in [2.45, 2.75) is 0 Å². The first-order valence-corrected chi connectivity index (χ1v) is 9.36. The molecular formula is C18H12Cl2N2O3S. The van der Waals surface area contributed by atoms with Crippen LogP contribution in [0.15, 0.2) is 41.8 Å². The molecule has 0 radical (unpaired) electrons. The number of ether oxygens (including phenoxy) is 2. The fourth-order valence-electron chi connectivity index (χ4n) is 2.50. The van der Waals surface area contributed by atoms with Gasteiger partial charge in [-0.3, -0.25) is 10.1 Å². The molecule has 1 aliphatic heterocycles. The second-order valence-electron chi connectivity index (χ2n) is 5.47. The van der Waals surface area contributed by atoms with E-state index in [4.69, 9.17) is 32.7 Å². The van der Waals surface area contributed by atoms with E-state index in [0.717, 1.165) is 17.0 Å². The molecule has 0 fully saturated rings. The van der Waals surface area contributed by atoms with Crippen LogP contribution in [0.5, 0.6) is 11.5 Å². The lowest BCUT2D eigenvalue weighted by atomic mass is 10.1. The summed E-state index contributed by atoms with van der Waals surface area (Å²) in [6, 6.07) is 10.4. The molecule has 2 heterocycles. The predicted octanol–water partition coefficient (Wildman–Crippen LogP) is 5.14. The Morgan fingerprint density at radius 2 is 1.88 bits per heavy atom. The molecule has 1 N–H and O–H groups in total. The highest BCUT2D eigenvalue weighted by Crippen LogP contribution is 2.35. The Morgan fingerprint density at radius 1 is 1.08 bits per heavy atom. The summed E-state index contributed by atoms with van der Waals surface area (Å²) in [5.74, 6) is 1.05. The predicted molar refractivity (Wildman–Crippen MR) is 103 cm³/mol. The Morgan fingerprint density at radius 3 is 2.73 bits per heavy atom. The van der Waals surface area contributed by atoms with Crippen LogP contribution in [-0.4, -0.2) is 24.1 Å². The van der Waals surface area contributed by atoms with Crippen LogP contribution in [0.25, 0.3) is 11.3 Å². The van der Waals surface area contributed by atoms with Crippen LogP contribution in [0.1, 0.15) is 10.4 Å². The van der Waals surface area contributed by atoms with Gasteiger partial charge in [-0.15, -0.1) is 11.3 Å². The van der Waals surface area contributed by atoms with E-state index in [1.165, 1.54) is 17.4 Å². The molecule has 5 nitrogen and oxygen atoms in total. The molecule has 1 aliphatic rings. The number of carbonyl (C=O) groups is 1. The van der Waals surface area contributed by atoms with Gasteiger partial charge in [0.05, 0.1) is 16.3 Å². The van der Waals surface area contributed by atoms with Crippen LogP contribution in [0.3, 0.4) is 0 Å². The highest BCUT2D eigenvalue weighted by atomic mass is 35.5. The molecule has 0 atom stereocenters. The molecule has 0 bridgehead atoms. The number of rotatable bonds is 3. The van der Waals surface area contributed by atoms with Crippen molar-refractivity contribution in [2.75, 3.05) is 18.5 Å². The fraction of sp³-hybridized carbons (Fsp3) is 0.111. The molecule has 0 unspecified atom stereocenters. The minimum Gasteiger partial charge on any atom is -0.486 e. The Bertz CT molecular complexity index is 990. The van der Waals surface area contributed by atoms with Crippen molar-refractivity contribution < 1.29 is 14.3 Å². The Kier molecular flexibility index (Phi) is 4.72. The van der Waals surface area contributed by atoms with Crippen molar-refractivity contribution in [3.63, 3.8) is 0 Å². The van der Waals surface area contributed by atoms with Gasteiger partial charge in [0.1, 0.15) is 13.2 Å². The molecule has 8 heteroatoms. The van der Waals surface area contributed by atoms with Gasteiger partial charge in [-0.05, 0) is 36.4 Å². The third-order valence-electron chi connectivity index (χ3n) is 3.74. The molecule has 0 spiro atoms. The molecule has 4 rings (SSSR count). The Balaban J connectivity index is 1.55. The van der Waals surface area contributed by atoms with E-state index < -0.39 is 0 Å². The van der Waals surface area contributed by atoms with E-state index in [1.54, 1.807) is 12.1 Å². The van der Waals surface area contributed by atoms with Crippen LogP contribution in [0.2, 0.25) is 10.0 Å². The number of halogens is 2. The number of nitrogens with one attached hydrogen (secondary N) is 1. The van der Waals surface area contributed by atoms with Crippen molar-refractivity contribution in [3.8, 4) is 22.8 Å². The van der Waals surface area contributed by atoms with Gasteiger partial charge in [0.15, 0.2) is 16.6 Å². The molecule has 132 valence electrons. The number of fused-ring (bicyclic) bond motifs is 1. The van der Waals surface area contributed by atoms with Gasteiger partial charge in [-0.1, -0.05) is 23.2 Å². The van der Waals surface area contributed by atoms with E-state index in [9.17, 15) is 4.79 Å². The quantitative estimate of drug-likeness (QED) is 0.653. The number of hydrogen-bond acceptors (Lipinski definition) is 5. The first kappa shape index (κ1) is 17.1. The molecule has 0 aliphatic carbocycles. The van der Waals surface area contributed by atoms with Gasteiger partial charge in [0, 0.05) is 16.0 Å². The number of nitrogens with zero attached hydrogens (tertiary/aromatic N) is 1. The van der Waals surface area contributed by atoms with Crippen molar-refractivity contribution in [1.29, 1.82) is 0 Å². The summed E-state index contributed by atoms with van der Waals surface area (Å²) < 4.78 is 11.1. The van der Waals surface area contributed by atoms with Crippen molar-refractivity contribution in [2.24, 2.45) is 0 Å². The maximum atomic E-state index is 12.4. The van der Waals surface area contributed by atoms with E-state index in [2.05, 4.69) is 10.3 Å². The molecular weight excluding hydrogens is 395 g/mol. The lowest BCUT2D eigenvalue weighted by Gasteiger charge is -2.18. The summed E-state index contributed by atoms with van der Waals surface area (Å²) in [5.41, 5.74) is 1.92. The van der Waals surface area contributed by atoms with Gasteiger partial charge in [0.25, 0.3) is 5.91 Å². The number of amides is 1. The third kappa shape index (κ3) is 3.49. The van der Waals surface area contributed by atoms with E-state index in [1.807, 2.05) is 23.6 Å². The summed E-state index contributed by atoms with van der Waals surface area (Å²) in [7, 11) is 0. The molecule has 1 amide bonds. The molecule has 1 aromatic heterocycles. The normalized spacial score (nSPS) is 12.7. The van der Waals surface area contributed by atoms with Crippen LogP contribution in [-0.2, 0) is 0 Å². The van der Waals surface area contributed by atoms with Crippen molar-refractivity contribution in [3.05, 3.63) is 57.4 Å². The average molecular weight is 407 g/mol. The Hall–Kier alpha value is -2.28. The largest absolute Gasteiger partial charge is 0.486 e. The summed E-state index contributed by atoms with van der Waals surface area (Å²) in [4.78, 5) is 16.9.